The monoisotopic (exact) mass is 135 g/mol. The van der Waals surface area contributed by atoms with E-state index in [4.69, 9.17) is 10.4 Å². The second-order valence-electron chi connectivity index (χ2n) is 1.84. The molecule has 0 amide bonds. The smallest absolute Gasteiger partial charge is 1.00 e. The van der Waals surface area contributed by atoms with Gasteiger partial charge in [0.25, 0.3) is 5.60 Å². The Kier molecular flexibility index (Phi) is 2.92. The van der Waals surface area contributed by atoms with Crippen LogP contribution in [-0.2, 0) is 9.53 Å². The normalized spacial score (nSPS) is 29.1. The summed E-state index contributed by atoms with van der Waals surface area (Å²) in [5.41, 5.74) is -1.51. The summed E-state index contributed by atoms with van der Waals surface area (Å²) in [6.07, 6.45) is 0.304. The molecule has 1 atom stereocenters. The van der Waals surface area contributed by atoms with Crippen molar-refractivity contribution >= 4 is 5.97 Å². The molecule has 1 aliphatic heterocycles. The third kappa shape index (κ3) is 1.17. The molecule has 0 bridgehead atoms. The second-order valence-corrected chi connectivity index (χ2v) is 1.84. The zero-order valence-corrected chi connectivity index (χ0v) is 5.63. The SMILES string of the molecule is N#CC1(C(=O)O)CCO1.[H-].[Li+]. The van der Waals surface area contributed by atoms with Crippen LogP contribution >= 0.6 is 0 Å². The Labute approximate surface area is 71.4 Å². The molecule has 0 aliphatic carbocycles. The molecular formula is C5H6LiNO3. The van der Waals surface area contributed by atoms with Gasteiger partial charge in [-0.2, -0.15) is 5.26 Å². The minimum absolute atomic E-state index is 0. The van der Waals surface area contributed by atoms with Crippen LogP contribution in [0.5, 0.6) is 0 Å². The van der Waals surface area contributed by atoms with E-state index in [0.717, 1.165) is 0 Å². The zero-order chi connectivity index (χ0) is 6.91. The van der Waals surface area contributed by atoms with Gasteiger partial charge < -0.3 is 11.3 Å². The average Bonchev–Trinajstić information content (AvgIpc) is 1.62. The van der Waals surface area contributed by atoms with Gasteiger partial charge in [0.05, 0.1) is 6.61 Å². The van der Waals surface area contributed by atoms with Gasteiger partial charge in [-0.1, -0.05) is 0 Å². The summed E-state index contributed by atoms with van der Waals surface area (Å²) in [5.74, 6) is -1.18. The largest absolute Gasteiger partial charge is 1.00 e. The number of hydrogen-bond acceptors (Lipinski definition) is 3. The maximum absolute atomic E-state index is 10.2. The first-order valence-electron chi connectivity index (χ1n) is 2.50. The van der Waals surface area contributed by atoms with E-state index in [1.54, 1.807) is 6.07 Å². The van der Waals surface area contributed by atoms with Gasteiger partial charge in [0.1, 0.15) is 6.07 Å². The molecule has 10 heavy (non-hydrogen) atoms. The number of carboxylic acid groups (broad SMARTS) is 1. The molecule has 1 unspecified atom stereocenters. The van der Waals surface area contributed by atoms with E-state index in [0.29, 0.717) is 13.0 Å². The van der Waals surface area contributed by atoms with E-state index in [2.05, 4.69) is 4.74 Å². The molecule has 0 aromatic heterocycles. The van der Waals surface area contributed by atoms with Crippen molar-refractivity contribution in [3.05, 3.63) is 0 Å². The van der Waals surface area contributed by atoms with Crippen LogP contribution in [0.4, 0.5) is 0 Å². The predicted octanol–water partition coefficient (Wildman–Crippen LogP) is -3.13. The molecule has 5 heteroatoms. The molecule has 0 saturated carbocycles. The van der Waals surface area contributed by atoms with Crippen LogP contribution < -0.4 is 18.9 Å². The molecule has 1 fully saturated rings. The van der Waals surface area contributed by atoms with Crippen molar-refractivity contribution in [2.45, 2.75) is 12.0 Å². The molecule has 1 N–H and O–H groups in total. The van der Waals surface area contributed by atoms with Gasteiger partial charge in [0.2, 0.25) is 0 Å². The predicted molar refractivity (Wildman–Crippen MR) is 27.7 cm³/mol. The van der Waals surface area contributed by atoms with Gasteiger partial charge in [-0.3, -0.25) is 0 Å². The molecule has 1 rings (SSSR count). The fourth-order valence-electron chi connectivity index (χ4n) is 0.611. The summed E-state index contributed by atoms with van der Waals surface area (Å²) in [6.45, 7) is 0.375. The van der Waals surface area contributed by atoms with Crippen molar-refractivity contribution in [1.29, 1.82) is 5.26 Å². The van der Waals surface area contributed by atoms with Gasteiger partial charge in [-0.05, 0) is 0 Å². The number of nitrogens with zero attached hydrogens (tertiary/aromatic N) is 1. The summed E-state index contributed by atoms with van der Waals surface area (Å²) in [6, 6.07) is 1.59. The third-order valence-electron chi connectivity index (χ3n) is 1.33. The van der Waals surface area contributed by atoms with E-state index < -0.39 is 11.6 Å². The van der Waals surface area contributed by atoms with Crippen molar-refractivity contribution in [3.63, 3.8) is 0 Å². The van der Waals surface area contributed by atoms with Crippen LogP contribution in [0.25, 0.3) is 0 Å². The van der Waals surface area contributed by atoms with E-state index in [1.807, 2.05) is 0 Å². The number of carbonyl (C=O) groups is 1. The van der Waals surface area contributed by atoms with Gasteiger partial charge in [0, 0.05) is 6.42 Å². The number of ether oxygens (including phenoxy) is 1. The molecular weight excluding hydrogens is 129 g/mol. The van der Waals surface area contributed by atoms with Crippen LogP contribution in [0.15, 0.2) is 0 Å². The molecule has 0 spiro atoms. The van der Waals surface area contributed by atoms with Crippen molar-refractivity contribution in [1.82, 2.24) is 0 Å². The number of rotatable bonds is 1. The Bertz CT molecular complexity index is 187. The fraction of sp³-hybridized carbons (Fsp3) is 0.600. The third-order valence-corrected chi connectivity index (χ3v) is 1.33. The van der Waals surface area contributed by atoms with E-state index >= 15 is 0 Å². The van der Waals surface area contributed by atoms with Crippen molar-refractivity contribution in [2.75, 3.05) is 6.61 Å². The molecule has 4 nitrogen and oxygen atoms in total. The number of hydrogen-bond donors (Lipinski definition) is 1. The minimum Gasteiger partial charge on any atom is -1.00 e. The van der Waals surface area contributed by atoms with Crippen LogP contribution in [0.1, 0.15) is 7.85 Å². The molecule has 0 aromatic carbocycles. The molecule has 50 valence electrons. The van der Waals surface area contributed by atoms with Crippen LogP contribution in [-0.4, -0.2) is 23.3 Å². The quantitative estimate of drug-likeness (QED) is 0.386. The standard InChI is InChI=1S/C5H5NO3.Li.H/c6-3-5(4(7)8)1-2-9-5;;/h1-2H2,(H,7,8);;/q;+1;-1. The maximum Gasteiger partial charge on any atom is 1.00 e. The summed E-state index contributed by atoms with van der Waals surface area (Å²) in [5, 5.41) is 16.6. The summed E-state index contributed by atoms with van der Waals surface area (Å²) in [4.78, 5) is 10.2. The van der Waals surface area contributed by atoms with Crippen molar-refractivity contribution in [2.24, 2.45) is 0 Å². The topological polar surface area (TPSA) is 70.3 Å². The first kappa shape index (κ1) is 9.52. The molecule has 0 aromatic rings. The van der Waals surface area contributed by atoms with E-state index in [9.17, 15) is 4.79 Å². The van der Waals surface area contributed by atoms with Crippen molar-refractivity contribution < 1.29 is 34.9 Å². The van der Waals surface area contributed by atoms with Crippen LogP contribution in [0.2, 0.25) is 0 Å². The average molecular weight is 135 g/mol. The minimum atomic E-state index is -1.51. The molecule has 0 radical (unpaired) electrons. The van der Waals surface area contributed by atoms with Gasteiger partial charge >= 0.3 is 24.8 Å². The summed E-state index contributed by atoms with van der Waals surface area (Å²) >= 11 is 0. The number of aliphatic carboxylic acids is 1. The van der Waals surface area contributed by atoms with Gasteiger partial charge in [-0.15, -0.1) is 0 Å². The molecule has 1 saturated heterocycles. The zero-order valence-electron chi connectivity index (χ0n) is 6.63. The Hall–Kier alpha value is -0.483. The fourth-order valence-corrected chi connectivity index (χ4v) is 0.611. The van der Waals surface area contributed by atoms with Crippen molar-refractivity contribution in [3.8, 4) is 6.07 Å². The Morgan fingerprint density at radius 3 is 2.40 bits per heavy atom. The number of nitriles is 1. The Morgan fingerprint density at radius 1 is 1.90 bits per heavy atom. The summed E-state index contributed by atoms with van der Waals surface area (Å²) in [7, 11) is 0. The first-order chi connectivity index (χ1) is 4.21. The number of carboxylic acids is 1. The molecule has 1 aliphatic rings. The second kappa shape index (κ2) is 3.07. The van der Waals surface area contributed by atoms with Gasteiger partial charge in [-0.25, -0.2) is 4.79 Å². The Balaban J connectivity index is 0. The van der Waals surface area contributed by atoms with Crippen LogP contribution in [0, 0.1) is 11.3 Å². The van der Waals surface area contributed by atoms with Gasteiger partial charge in [0.15, 0.2) is 0 Å². The maximum atomic E-state index is 10.2. The summed E-state index contributed by atoms with van der Waals surface area (Å²) < 4.78 is 4.57. The van der Waals surface area contributed by atoms with E-state index in [1.165, 1.54) is 0 Å². The Morgan fingerprint density at radius 2 is 2.40 bits per heavy atom. The van der Waals surface area contributed by atoms with E-state index in [-0.39, 0.29) is 20.3 Å². The van der Waals surface area contributed by atoms with Crippen LogP contribution in [0.3, 0.4) is 0 Å². The molecule has 1 heterocycles. The first-order valence-corrected chi connectivity index (χ1v) is 2.50.